The molecule has 0 fully saturated rings. The van der Waals surface area contributed by atoms with Crippen LogP contribution in [-0.2, 0) is 18.1 Å². The van der Waals surface area contributed by atoms with E-state index >= 15 is 0 Å². The number of hydrogen-bond acceptors (Lipinski definition) is 3. The van der Waals surface area contributed by atoms with Crippen molar-refractivity contribution in [3.05, 3.63) is 59.0 Å². The largest absolute Gasteiger partial charge is 0.464 e. The van der Waals surface area contributed by atoms with Gasteiger partial charge in [0.15, 0.2) is 0 Å². The Kier molecular flexibility index (Phi) is 4.90. The van der Waals surface area contributed by atoms with Gasteiger partial charge in [-0.15, -0.1) is 11.8 Å². The van der Waals surface area contributed by atoms with Crippen molar-refractivity contribution >= 4 is 11.8 Å². The van der Waals surface area contributed by atoms with E-state index in [0.717, 1.165) is 29.6 Å². The third-order valence-corrected chi connectivity index (χ3v) is 3.69. The first-order valence-corrected chi connectivity index (χ1v) is 7.29. The number of rotatable bonds is 6. The summed E-state index contributed by atoms with van der Waals surface area (Å²) in [5.41, 5.74) is 2.70. The molecule has 0 aliphatic rings. The van der Waals surface area contributed by atoms with Crippen LogP contribution in [0.25, 0.3) is 0 Å². The standard InChI is InChI=1S/C15H19NOS/c1-12-4-3-5-13(8-12)10-18-11-15-7-6-14(17-15)9-16-2/h3-8,16H,9-11H2,1-2H3. The van der Waals surface area contributed by atoms with Crippen molar-refractivity contribution in [2.24, 2.45) is 0 Å². The molecule has 1 heterocycles. The average molecular weight is 261 g/mol. The molecule has 0 unspecified atom stereocenters. The van der Waals surface area contributed by atoms with Gasteiger partial charge in [0, 0.05) is 5.75 Å². The highest BCUT2D eigenvalue weighted by atomic mass is 32.2. The van der Waals surface area contributed by atoms with E-state index in [4.69, 9.17) is 4.42 Å². The van der Waals surface area contributed by atoms with Gasteiger partial charge in [0.05, 0.1) is 12.3 Å². The highest BCUT2D eigenvalue weighted by Crippen LogP contribution is 2.20. The molecule has 1 aromatic heterocycles. The smallest absolute Gasteiger partial charge is 0.117 e. The fourth-order valence-electron chi connectivity index (χ4n) is 1.84. The quantitative estimate of drug-likeness (QED) is 0.857. The molecule has 0 bridgehead atoms. The molecule has 3 heteroatoms. The second-order valence-electron chi connectivity index (χ2n) is 4.38. The fraction of sp³-hybridized carbons (Fsp3) is 0.333. The molecule has 0 amide bonds. The van der Waals surface area contributed by atoms with E-state index in [0.29, 0.717) is 0 Å². The van der Waals surface area contributed by atoms with Crippen LogP contribution in [0.2, 0.25) is 0 Å². The number of benzene rings is 1. The van der Waals surface area contributed by atoms with Crippen molar-refractivity contribution in [2.45, 2.75) is 25.0 Å². The number of hydrogen-bond donors (Lipinski definition) is 1. The second-order valence-corrected chi connectivity index (χ2v) is 5.37. The van der Waals surface area contributed by atoms with Crippen LogP contribution in [0.3, 0.4) is 0 Å². The van der Waals surface area contributed by atoms with Crippen LogP contribution in [-0.4, -0.2) is 7.05 Å². The minimum atomic E-state index is 0.794. The third kappa shape index (κ3) is 3.93. The molecule has 0 spiro atoms. The number of thioether (sulfide) groups is 1. The molecule has 0 saturated carbocycles. The highest BCUT2D eigenvalue weighted by Gasteiger charge is 2.02. The predicted octanol–water partition coefficient (Wildman–Crippen LogP) is 3.74. The molecule has 0 aliphatic heterocycles. The van der Waals surface area contributed by atoms with Gasteiger partial charge in [0.2, 0.25) is 0 Å². The first-order chi connectivity index (χ1) is 8.78. The molecule has 2 nitrogen and oxygen atoms in total. The van der Waals surface area contributed by atoms with Crippen molar-refractivity contribution in [3.8, 4) is 0 Å². The van der Waals surface area contributed by atoms with Gasteiger partial charge in [-0.2, -0.15) is 0 Å². The van der Waals surface area contributed by atoms with Gasteiger partial charge in [-0.3, -0.25) is 0 Å². The van der Waals surface area contributed by atoms with E-state index in [1.54, 1.807) is 0 Å². The van der Waals surface area contributed by atoms with E-state index in [9.17, 15) is 0 Å². The molecule has 96 valence electrons. The zero-order chi connectivity index (χ0) is 12.8. The summed E-state index contributed by atoms with van der Waals surface area (Å²) in [6.07, 6.45) is 0. The Labute approximate surface area is 113 Å². The normalized spacial score (nSPS) is 10.8. The molecule has 0 saturated heterocycles. The van der Waals surface area contributed by atoms with Crippen LogP contribution in [0, 0.1) is 6.92 Å². The molecule has 2 aromatic rings. The Bertz CT molecular complexity index is 493. The van der Waals surface area contributed by atoms with Crippen molar-refractivity contribution in [1.82, 2.24) is 5.32 Å². The number of furan rings is 1. The molecule has 1 aromatic carbocycles. The molecule has 18 heavy (non-hydrogen) atoms. The lowest BCUT2D eigenvalue weighted by molar-refractivity contribution is 0.469. The Morgan fingerprint density at radius 2 is 1.94 bits per heavy atom. The Hall–Kier alpha value is -1.19. The predicted molar refractivity (Wildman–Crippen MR) is 77.6 cm³/mol. The Morgan fingerprint density at radius 3 is 2.72 bits per heavy atom. The summed E-state index contributed by atoms with van der Waals surface area (Å²) in [5, 5.41) is 3.08. The molecule has 0 atom stereocenters. The van der Waals surface area contributed by atoms with Gasteiger partial charge in [-0.1, -0.05) is 29.8 Å². The van der Waals surface area contributed by atoms with E-state index in [-0.39, 0.29) is 0 Å². The summed E-state index contributed by atoms with van der Waals surface area (Å²) in [7, 11) is 1.93. The summed E-state index contributed by atoms with van der Waals surface area (Å²) < 4.78 is 5.70. The first-order valence-electron chi connectivity index (χ1n) is 6.13. The maximum Gasteiger partial charge on any atom is 0.117 e. The highest BCUT2D eigenvalue weighted by molar-refractivity contribution is 7.97. The molecule has 1 N–H and O–H groups in total. The summed E-state index contributed by atoms with van der Waals surface area (Å²) in [6.45, 7) is 2.92. The molecule has 0 radical (unpaired) electrons. The van der Waals surface area contributed by atoms with Gasteiger partial charge in [-0.05, 0) is 31.7 Å². The van der Waals surface area contributed by atoms with Gasteiger partial charge >= 0.3 is 0 Å². The van der Waals surface area contributed by atoms with E-state index in [1.807, 2.05) is 24.9 Å². The van der Waals surface area contributed by atoms with Gasteiger partial charge in [-0.25, -0.2) is 0 Å². The lowest BCUT2D eigenvalue weighted by atomic mass is 10.2. The Balaban J connectivity index is 1.81. The third-order valence-electron chi connectivity index (χ3n) is 2.66. The van der Waals surface area contributed by atoms with Crippen LogP contribution >= 0.6 is 11.8 Å². The lowest BCUT2D eigenvalue weighted by Crippen LogP contribution is -2.03. The van der Waals surface area contributed by atoms with Crippen molar-refractivity contribution in [1.29, 1.82) is 0 Å². The summed E-state index contributed by atoms with van der Waals surface area (Å²) in [4.78, 5) is 0. The maximum atomic E-state index is 5.70. The van der Waals surface area contributed by atoms with Crippen LogP contribution < -0.4 is 5.32 Å². The molecular weight excluding hydrogens is 242 g/mol. The van der Waals surface area contributed by atoms with Crippen LogP contribution in [0.4, 0.5) is 0 Å². The molecule has 2 rings (SSSR count). The minimum absolute atomic E-state index is 0.794. The zero-order valence-electron chi connectivity index (χ0n) is 10.9. The van der Waals surface area contributed by atoms with E-state index < -0.39 is 0 Å². The maximum absolute atomic E-state index is 5.70. The average Bonchev–Trinajstić information content (AvgIpc) is 2.78. The van der Waals surface area contributed by atoms with Crippen molar-refractivity contribution < 1.29 is 4.42 Å². The van der Waals surface area contributed by atoms with Crippen LogP contribution in [0.1, 0.15) is 22.6 Å². The van der Waals surface area contributed by atoms with E-state index in [2.05, 4.69) is 42.6 Å². The number of aryl methyl sites for hydroxylation is 1. The summed E-state index contributed by atoms with van der Waals surface area (Å²) in [5.74, 6) is 4.02. The zero-order valence-corrected chi connectivity index (χ0v) is 11.7. The van der Waals surface area contributed by atoms with Gasteiger partial charge in [0.1, 0.15) is 11.5 Å². The fourth-order valence-corrected chi connectivity index (χ4v) is 2.71. The SMILES string of the molecule is CNCc1ccc(CSCc2cccc(C)c2)o1. The molecule has 0 aliphatic carbocycles. The number of nitrogens with one attached hydrogen (secondary N) is 1. The van der Waals surface area contributed by atoms with Crippen molar-refractivity contribution in [2.75, 3.05) is 7.05 Å². The van der Waals surface area contributed by atoms with E-state index in [1.165, 1.54) is 11.1 Å². The second kappa shape index (κ2) is 6.66. The summed E-state index contributed by atoms with van der Waals surface area (Å²) in [6, 6.07) is 12.8. The van der Waals surface area contributed by atoms with Crippen molar-refractivity contribution in [3.63, 3.8) is 0 Å². The topological polar surface area (TPSA) is 25.2 Å². The molecular formula is C15H19NOS. The minimum Gasteiger partial charge on any atom is -0.464 e. The van der Waals surface area contributed by atoms with Gasteiger partial charge < -0.3 is 9.73 Å². The van der Waals surface area contributed by atoms with Gasteiger partial charge in [0.25, 0.3) is 0 Å². The summed E-state index contributed by atoms with van der Waals surface area (Å²) >= 11 is 1.89. The monoisotopic (exact) mass is 261 g/mol. The van der Waals surface area contributed by atoms with Crippen LogP contribution in [0.15, 0.2) is 40.8 Å². The lowest BCUT2D eigenvalue weighted by Gasteiger charge is -2.01. The Morgan fingerprint density at radius 1 is 1.11 bits per heavy atom. The first kappa shape index (κ1) is 13.2. The van der Waals surface area contributed by atoms with Crippen LogP contribution in [0.5, 0.6) is 0 Å².